The van der Waals surface area contributed by atoms with Gasteiger partial charge in [0.05, 0.1) is 0 Å². The van der Waals surface area contributed by atoms with E-state index >= 15 is 0 Å². The third-order valence-corrected chi connectivity index (χ3v) is 1.98. The Balaban J connectivity index is 2.56. The quantitative estimate of drug-likeness (QED) is 0.540. The maximum absolute atomic E-state index is 11.1. The number of carbonyl (C=O) groups excluding carboxylic acids is 2. The summed E-state index contributed by atoms with van der Waals surface area (Å²) >= 11 is 0. The zero-order chi connectivity index (χ0) is 8.27. The van der Waals surface area contributed by atoms with Gasteiger partial charge in [-0.1, -0.05) is 0 Å². The van der Waals surface area contributed by atoms with Crippen LogP contribution in [0.4, 0.5) is 0 Å². The number of nitrogens with one attached hydrogen (secondary N) is 1. The summed E-state index contributed by atoms with van der Waals surface area (Å²) in [6, 6.07) is -0.225. The molecule has 1 rings (SSSR count). The maximum atomic E-state index is 11.1. The predicted molar refractivity (Wildman–Crippen MR) is 39.9 cm³/mol. The zero-order valence-electron chi connectivity index (χ0n) is 6.54. The van der Waals surface area contributed by atoms with Gasteiger partial charge in [0.15, 0.2) is 0 Å². The van der Waals surface area contributed by atoms with E-state index in [1.807, 2.05) is 0 Å². The van der Waals surface area contributed by atoms with Crippen LogP contribution in [0.5, 0.6) is 0 Å². The number of amides is 2. The van der Waals surface area contributed by atoms with Crippen LogP contribution in [0.3, 0.4) is 0 Å². The molecule has 0 aromatic heterocycles. The van der Waals surface area contributed by atoms with Crippen molar-refractivity contribution >= 4 is 12.3 Å². The van der Waals surface area contributed by atoms with E-state index in [1.54, 1.807) is 11.9 Å². The number of carbonyl (C=O) groups is 2. The molecule has 1 atom stereocenters. The van der Waals surface area contributed by atoms with Crippen molar-refractivity contribution in [3.8, 4) is 0 Å². The predicted octanol–water partition coefficient (Wildman–Crippen LogP) is -0.647. The topological polar surface area (TPSA) is 49.4 Å². The molecule has 1 unspecified atom stereocenters. The minimum absolute atomic E-state index is 0.0606. The Hall–Kier alpha value is -1.06. The van der Waals surface area contributed by atoms with Gasteiger partial charge in [0.1, 0.15) is 6.04 Å². The van der Waals surface area contributed by atoms with Crippen LogP contribution < -0.4 is 5.32 Å². The van der Waals surface area contributed by atoms with Crippen LogP contribution in [0.15, 0.2) is 0 Å². The molecule has 1 fully saturated rings. The van der Waals surface area contributed by atoms with Gasteiger partial charge < -0.3 is 10.2 Å². The van der Waals surface area contributed by atoms with Crippen molar-refractivity contribution in [3.05, 3.63) is 0 Å². The van der Waals surface area contributed by atoms with Crippen LogP contribution in [0.25, 0.3) is 0 Å². The van der Waals surface area contributed by atoms with E-state index < -0.39 is 0 Å². The zero-order valence-corrected chi connectivity index (χ0v) is 6.54. The van der Waals surface area contributed by atoms with Crippen LogP contribution in [0.1, 0.15) is 12.8 Å². The fourth-order valence-electron chi connectivity index (χ4n) is 1.36. The molecule has 1 aliphatic heterocycles. The summed E-state index contributed by atoms with van der Waals surface area (Å²) in [6.45, 7) is 0.710. The van der Waals surface area contributed by atoms with Gasteiger partial charge in [0, 0.05) is 13.6 Å². The Morgan fingerprint density at radius 3 is 3.00 bits per heavy atom. The van der Waals surface area contributed by atoms with Crippen LogP contribution >= 0.6 is 0 Å². The first-order valence-corrected chi connectivity index (χ1v) is 3.72. The van der Waals surface area contributed by atoms with Gasteiger partial charge in [-0.2, -0.15) is 0 Å². The summed E-state index contributed by atoms with van der Waals surface area (Å²) in [5, 5.41) is 2.53. The van der Waals surface area contributed by atoms with Gasteiger partial charge >= 0.3 is 0 Å². The lowest BCUT2D eigenvalue weighted by Crippen LogP contribution is -2.41. The van der Waals surface area contributed by atoms with Crippen LogP contribution in [0, 0.1) is 0 Å². The fraction of sp³-hybridized carbons (Fsp3) is 0.714. The first-order chi connectivity index (χ1) is 5.29. The Morgan fingerprint density at radius 1 is 1.73 bits per heavy atom. The minimum Gasteiger partial charge on any atom is -0.357 e. The van der Waals surface area contributed by atoms with Gasteiger partial charge in [-0.3, -0.25) is 9.59 Å². The SMILES string of the molecule is CNC(=O)C1CCCN1C=O. The minimum atomic E-state index is -0.225. The molecule has 0 saturated carbocycles. The summed E-state index contributed by atoms with van der Waals surface area (Å²) in [6.07, 6.45) is 2.46. The molecule has 4 nitrogen and oxygen atoms in total. The molecule has 0 spiro atoms. The van der Waals surface area contributed by atoms with Crippen molar-refractivity contribution in [1.29, 1.82) is 0 Å². The van der Waals surface area contributed by atoms with Crippen molar-refractivity contribution in [2.75, 3.05) is 13.6 Å². The molecule has 62 valence electrons. The molecule has 1 aliphatic rings. The van der Waals surface area contributed by atoms with E-state index in [-0.39, 0.29) is 11.9 Å². The van der Waals surface area contributed by atoms with Crippen molar-refractivity contribution in [2.45, 2.75) is 18.9 Å². The second kappa shape index (κ2) is 3.37. The second-order valence-electron chi connectivity index (χ2n) is 2.62. The van der Waals surface area contributed by atoms with Crippen molar-refractivity contribution in [2.24, 2.45) is 0 Å². The first-order valence-electron chi connectivity index (χ1n) is 3.72. The van der Waals surface area contributed by atoms with Crippen molar-refractivity contribution in [1.82, 2.24) is 10.2 Å². The molecule has 0 radical (unpaired) electrons. The van der Waals surface area contributed by atoms with E-state index in [4.69, 9.17) is 0 Å². The van der Waals surface area contributed by atoms with Gasteiger partial charge in [-0.25, -0.2) is 0 Å². The van der Waals surface area contributed by atoms with E-state index in [1.165, 1.54) is 0 Å². The lowest BCUT2D eigenvalue weighted by atomic mass is 10.2. The largest absolute Gasteiger partial charge is 0.357 e. The number of likely N-dealkylation sites (tertiary alicyclic amines) is 1. The number of hydrogen-bond acceptors (Lipinski definition) is 2. The summed E-state index contributed by atoms with van der Waals surface area (Å²) < 4.78 is 0. The molecule has 1 heterocycles. The van der Waals surface area contributed by atoms with Gasteiger partial charge in [-0.05, 0) is 12.8 Å². The van der Waals surface area contributed by atoms with Crippen LogP contribution in [-0.4, -0.2) is 36.9 Å². The lowest BCUT2D eigenvalue weighted by Gasteiger charge is -2.17. The normalized spacial score (nSPS) is 23.4. The van der Waals surface area contributed by atoms with Crippen LogP contribution in [-0.2, 0) is 9.59 Å². The summed E-state index contributed by atoms with van der Waals surface area (Å²) in [5.74, 6) is -0.0606. The molecule has 0 aliphatic carbocycles. The molecular formula is C7H12N2O2. The molecule has 11 heavy (non-hydrogen) atoms. The van der Waals surface area contributed by atoms with Crippen molar-refractivity contribution in [3.63, 3.8) is 0 Å². The maximum Gasteiger partial charge on any atom is 0.242 e. The first kappa shape index (κ1) is 8.04. The third kappa shape index (κ3) is 1.50. The highest BCUT2D eigenvalue weighted by atomic mass is 16.2. The fourth-order valence-corrected chi connectivity index (χ4v) is 1.36. The Labute approximate surface area is 65.6 Å². The third-order valence-electron chi connectivity index (χ3n) is 1.98. The average Bonchev–Trinajstić information content (AvgIpc) is 2.50. The lowest BCUT2D eigenvalue weighted by molar-refractivity contribution is -0.130. The van der Waals surface area contributed by atoms with Crippen molar-refractivity contribution < 1.29 is 9.59 Å². The average molecular weight is 156 g/mol. The summed E-state index contributed by atoms with van der Waals surface area (Å²) in [5.41, 5.74) is 0. The summed E-state index contributed by atoms with van der Waals surface area (Å²) in [7, 11) is 1.59. The second-order valence-corrected chi connectivity index (χ2v) is 2.62. The van der Waals surface area contributed by atoms with Crippen LogP contribution in [0.2, 0.25) is 0 Å². The smallest absolute Gasteiger partial charge is 0.242 e. The van der Waals surface area contributed by atoms with E-state index in [9.17, 15) is 9.59 Å². The number of rotatable bonds is 2. The molecule has 1 saturated heterocycles. The number of likely N-dealkylation sites (N-methyl/N-ethyl adjacent to an activating group) is 1. The molecular weight excluding hydrogens is 144 g/mol. The van der Waals surface area contributed by atoms with E-state index in [0.717, 1.165) is 19.3 Å². The Bertz CT molecular complexity index is 170. The highest BCUT2D eigenvalue weighted by Gasteiger charge is 2.28. The van der Waals surface area contributed by atoms with Gasteiger partial charge in [0.25, 0.3) is 0 Å². The highest BCUT2D eigenvalue weighted by Crippen LogP contribution is 2.14. The molecule has 2 amide bonds. The Morgan fingerprint density at radius 2 is 2.45 bits per heavy atom. The molecule has 1 N–H and O–H groups in total. The van der Waals surface area contributed by atoms with E-state index in [0.29, 0.717) is 6.54 Å². The van der Waals surface area contributed by atoms with E-state index in [2.05, 4.69) is 5.32 Å². The molecule has 0 aromatic rings. The summed E-state index contributed by atoms with van der Waals surface area (Å²) in [4.78, 5) is 23.0. The number of nitrogens with zero attached hydrogens (tertiary/aromatic N) is 1. The van der Waals surface area contributed by atoms with Gasteiger partial charge in [0.2, 0.25) is 12.3 Å². The molecule has 0 bridgehead atoms. The number of hydrogen-bond donors (Lipinski definition) is 1. The monoisotopic (exact) mass is 156 g/mol. The van der Waals surface area contributed by atoms with Gasteiger partial charge in [-0.15, -0.1) is 0 Å². The standard InChI is InChI=1S/C7H12N2O2/c1-8-7(11)6-3-2-4-9(6)5-10/h5-6H,2-4H2,1H3,(H,8,11). The molecule has 4 heteroatoms. The molecule has 0 aromatic carbocycles. The highest BCUT2D eigenvalue weighted by molar-refractivity contribution is 5.83. The Kier molecular flexibility index (Phi) is 2.46.